The first-order valence-electron chi connectivity index (χ1n) is 6.23. The van der Waals surface area contributed by atoms with Gasteiger partial charge in [-0.3, -0.25) is 4.68 Å². The van der Waals surface area contributed by atoms with E-state index < -0.39 is 0 Å². The van der Waals surface area contributed by atoms with Gasteiger partial charge in [0.1, 0.15) is 12.2 Å². The van der Waals surface area contributed by atoms with E-state index in [-0.39, 0.29) is 0 Å². The predicted molar refractivity (Wildman–Crippen MR) is 64.1 cm³/mol. The van der Waals surface area contributed by atoms with E-state index in [1.807, 2.05) is 11.7 Å². The first-order chi connectivity index (χ1) is 7.66. The Hall–Kier alpha value is -0.900. The van der Waals surface area contributed by atoms with Gasteiger partial charge in [0.15, 0.2) is 0 Å². The molecular weight excluding hydrogens is 200 g/mol. The van der Waals surface area contributed by atoms with Crippen LogP contribution in [0.3, 0.4) is 0 Å². The van der Waals surface area contributed by atoms with Crippen molar-refractivity contribution >= 4 is 0 Å². The van der Waals surface area contributed by atoms with Gasteiger partial charge in [-0.05, 0) is 31.2 Å². The topological polar surface area (TPSA) is 42.7 Å². The van der Waals surface area contributed by atoms with Gasteiger partial charge >= 0.3 is 0 Å². The minimum atomic E-state index is 0.594. The van der Waals surface area contributed by atoms with Crippen LogP contribution in [0.25, 0.3) is 0 Å². The maximum absolute atomic E-state index is 4.30. The molecule has 0 saturated heterocycles. The van der Waals surface area contributed by atoms with Crippen LogP contribution in [0, 0.1) is 11.8 Å². The highest BCUT2D eigenvalue weighted by Crippen LogP contribution is 2.35. The number of aromatic nitrogens is 3. The second-order valence-corrected chi connectivity index (χ2v) is 5.16. The fourth-order valence-electron chi connectivity index (χ4n) is 2.30. The lowest BCUT2D eigenvalue weighted by Crippen LogP contribution is -2.39. The van der Waals surface area contributed by atoms with Gasteiger partial charge in [0.2, 0.25) is 0 Å². The lowest BCUT2D eigenvalue weighted by Gasteiger charge is -2.37. The molecule has 0 aromatic carbocycles. The predicted octanol–water partition coefficient (Wildman–Crippen LogP) is 1.38. The molecule has 1 fully saturated rings. The molecule has 1 N–H and O–H groups in total. The molecule has 1 aliphatic carbocycles. The van der Waals surface area contributed by atoms with Crippen LogP contribution < -0.4 is 5.32 Å². The average molecular weight is 222 g/mol. The maximum atomic E-state index is 4.30. The van der Waals surface area contributed by atoms with Crippen molar-refractivity contribution in [3.05, 3.63) is 12.2 Å². The third-order valence-electron chi connectivity index (χ3n) is 3.61. The van der Waals surface area contributed by atoms with E-state index in [2.05, 4.69) is 29.2 Å². The summed E-state index contributed by atoms with van der Waals surface area (Å²) in [6.07, 6.45) is 5.44. The molecule has 16 heavy (non-hydrogen) atoms. The van der Waals surface area contributed by atoms with Crippen LogP contribution in [-0.2, 0) is 13.5 Å². The summed E-state index contributed by atoms with van der Waals surface area (Å²) in [7, 11) is 1.97. The summed E-state index contributed by atoms with van der Waals surface area (Å²) in [6, 6.07) is 0.594. The van der Waals surface area contributed by atoms with Crippen molar-refractivity contribution in [3.63, 3.8) is 0 Å². The Morgan fingerprint density at radius 1 is 1.44 bits per heavy atom. The number of nitrogens with one attached hydrogen (secondary N) is 1. The summed E-state index contributed by atoms with van der Waals surface area (Å²) < 4.78 is 1.89. The normalized spacial score (nSPS) is 24.8. The molecule has 1 aromatic rings. The van der Waals surface area contributed by atoms with Crippen LogP contribution in [0.15, 0.2) is 6.33 Å². The van der Waals surface area contributed by atoms with Crippen molar-refractivity contribution in [2.24, 2.45) is 18.9 Å². The lowest BCUT2D eigenvalue weighted by atomic mass is 9.71. The van der Waals surface area contributed by atoms with E-state index in [4.69, 9.17) is 0 Å². The zero-order valence-corrected chi connectivity index (χ0v) is 10.5. The SMILES string of the molecule is CC(C)NCC1CCC1Cc1ncnn1C. The maximum Gasteiger partial charge on any atom is 0.138 e. The van der Waals surface area contributed by atoms with Crippen LogP contribution >= 0.6 is 0 Å². The van der Waals surface area contributed by atoms with Gasteiger partial charge in [-0.1, -0.05) is 13.8 Å². The van der Waals surface area contributed by atoms with Gasteiger partial charge in [-0.2, -0.15) is 5.10 Å². The van der Waals surface area contributed by atoms with Crippen molar-refractivity contribution in [3.8, 4) is 0 Å². The Morgan fingerprint density at radius 2 is 2.19 bits per heavy atom. The molecule has 4 heteroatoms. The van der Waals surface area contributed by atoms with Gasteiger partial charge in [0.05, 0.1) is 0 Å². The summed E-state index contributed by atoms with van der Waals surface area (Å²) in [5, 5.41) is 7.65. The Labute approximate surface area is 97.5 Å². The fraction of sp³-hybridized carbons (Fsp3) is 0.833. The molecule has 2 unspecified atom stereocenters. The molecule has 2 atom stereocenters. The first kappa shape index (κ1) is 11.6. The summed E-state index contributed by atoms with van der Waals surface area (Å²) in [4.78, 5) is 4.30. The zero-order valence-electron chi connectivity index (χ0n) is 10.5. The average Bonchev–Trinajstić information content (AvgIpc) is 2.58. The molecule has 4 nitrogen and oxygen atoms in total. The molecular formula is C12H22N4. The summed E-state index contributed by atoms with van der Waals surface area (Å²) in [5.74, 6) is 2.76. The standard InChI is InChI=1S/C12H22N4/c1-9(2)13-7-11-5-4-10(11)6-12-14-8-15-16(12)3/h8-11,13H,4-7H2,1-3H3. The number of hydrogen-bond acceptors (Lipinski definition) is 3. The van der Waals surface area contributed by atoms with Gasteiger partial charge in [0, 0.05) is 19.5 Å². The second-order valence-electron chi connectivity index (χ2n) is 5.16. The molecule has 0 spiro atoms. The minimum absolute atomic E-state index is 0.594. The Balaban J connectivity index is 1.80. The van der Waals surface area contributed by atoms with Gasteiger partial charge in [-0.15, -0.1) is 0 Å². The molecule has 2 rings (SSSR count). The van der Waals surface area contributed by atoms with Gasteiger partial charge < -0.3 is 5.32 Å². The number of hydrogen-bond donors (Lipinski definition) is 1. The van der Waals surface area contributed by atoms with Gasteiger partial charge in [-0.25, -0.2) is 4.98 Å². The van der Waals surface area contributed by atoms with Crippen molar-refractivity contribution in [1.29, 1.82) is 0 Å². The van der Waals surface area contributed by atoms with Crippen molar-refractivity contribution < 1.29 is 0 Å². The van der Waals surface area contributed by atoms with E-state index in [1.54, 1.807) is 6.33 Å². The lowest BCUT2D eigenvalue weighted by molar-refractivity contribution is 0.164. The highest BCUT2D eigenvalue weighted by Gasteiger charge is 2.31. The Morgan fingerprint density at radius 3 is 2.69 bits per heavy atom. The molecule has 1 heterocycles. The highest BCUT2D eigenvalue weighted by molar-refractivity contribution is 4.93. The van der Waals surface area contributed by atoms with Crippen LogP contribution in [0.2, 0.25) is 0 Å². The largest absolute Gasteiger partial charge is 0.314 e. The zero-order chi connectivity index (χ0) is 11.5. The molecule has 0 aliphatic heterocycles. The number of nitrogens with zero attached hydrogens (tertiary/aromatic N) is 3. The van der Waals surface area contributed by atoms with E-state index >= 15 is 0 Å². The minimum Gasteiger partial charge on any atom is -0.314 e. The van der Waals surface area contributed by atoms with Crippen molar-refractivity contribution in [2.75, 3.05) is 6.54 Å². The fourth-order valence-corrected chi connectivity index (χ4v) is 2.30. The summed E-state index contributed by atoms with van der Waals surface area (Å²) in [6.45, 7) is 5.56. The second kappa shape index (κ2) is 4.95. The van der Waals surface area contributed by atoms with Crippen LogP contribution in [-0.4, -0.2) is 27.4 Å². The molecule has 1 aromatic heterocycles. The molecule has 0 amide bonds. The molecule has 0 radical (unpaired) electrons. The smallest absolute Gasteiger partial charge is 0.138 e. The van der Waals surface area contributed by atoms with E-state index in [0.717, 1.165) is 30.6 Å². The first-order valence-corrected chi connectivity index (χ1v) is 6.23. The molecule has 0 bridgehead atoms. The van der Waals surface area contributed by atoms with E-state index in [1.165, 1.54) is 12.8 Å². The van der Waals surface area contributed by atoms with E-state index in [0.29, 0.717) is 6.04 Å². The van der Waals surface area contributed by atoms with E-state index in [9.17, 15) is 0 Å². The summed E-state index contributed by atoms with van der Waals surface area (Å²) in [5.41, 5.74) is 0. The molecule has 90 valence electrons. The van der Waals surface area contributed by atoms with Crippen molar-refractivity contribution in [1.82, 2.24) is 20.1 Å². The van der Waals surface area contributed by atoms with Crippen LogP contribution in [0.4, 0.5) is 0 Å². The quantitative estimate of drug-likeness (QED) is 0.818. The summed E-state index contributed by atoms with van der Waals surface area (Å²) >= 11 is 0. The third kappa shape index (κ3) is 2.61. The van der Waals surface area contributed by atoms with Crippen LogP contribution in [0.1, 0.15) is 32.5 Å². The number of aryl methyl sites for hydroxylation is 1. The Bertz CT molecular complexity index is 332. The monoisotopic (exact) mass is 222 g/mol. The van der Waals surface area contributed by atoms with Crippen molar-refractivity contribution in [2.45, 2.75) is 39.2 Å². The number of rotatable bonds is 5. The molecule has 1 saturated carbocycles. The molecule has 1 aliphatic rings. The van der Waals surface area contributed by atoms with Gasteiger partial charge in [0.25, 0.3) is 0 Å². The Kier molecular flexibility index (Phi) is 3.59. The van der Waals surface area contributed by atoms with Crippen LogP contribution in [0.5, 0.6) is 0 Å². The highest BCUT2D eigenvalue weighted by atomic mass is 15.3. The third-order valence-corrected chi connectivity index (χ3v) is 3.61.